The molecular formula is C12H20N4O2. The van der Waals surface area contributed by atoms with Crippen LogP contribution in [0.15, 0.2) is 12.4 Å². The third kappa shape index (κ3) is 2.54. The molecule has 0 aliphatic carbocycles. The van der Waals surface area contributed by atoms with E-state index in [1.54, 1.807) is 18.0 Å². The van der Waals surface area contributed by atoms with Gasteiger partial charge >= 0.3 is 0 Å². The van der Waals surface area contributed by atoms with Crippen LogP contribution in [0.4, 0.5) is 5.69 Å². The van der Waals surface area contributed by atoms with E-state index in [9.17, 15) is 4.79 Å². The summed E-state index contributed by atoms with van der Waals surface area (Å²) in [6.07, 6.45) is 4.86. The molecule has 1 aliphatic heterocycles. The van der Waals surface area contributed by atoms with Gasteiger partial charge in [-0.05, 0) is 32.9 Å². The molecule has 0 atom stereocenters. The Morgan fingerprint density at radius 2 is 2.33 bits per heavy atom. The fourth-order valence-corrected chi connectivity index (χ4v) is 2.20. The molecule has 1 aromatic heterocycles. The van der Waals surface area contributed by atoms with E-state index in [4.69, 9.17) is 4.74 Å². The fraction of sp³-hybridized carbons (Fsp3) is 0.667. The number of nitrogens with zero attached hydrogens (tertiary/aromatic N) is 2. The highest BCUT2D eigenvalue weighted by Crippen LogP contribution is 2.24. The lowest BCUT2D eigenvalue weighted by atomic mass is 9.91. The van der Waals surface area contributed by atoms with Crippen LogP contribution >= 0.6 is 0 Å². The number of carbonyl (C=O) groups excluding carboxylic acids is 1. The van der Waals surface area contributed by atoms with Crippen molar-refractivity contribution in [3.63, 3.8) is 0 Å². The number of nitrogens with one attached hydrogen (secondary N) is 2. The number of piperidine rings is 1. The van der Waals surface area contributed by atoms with Crippen molar-refractivity contribution in [1.29, 1.82) is 0 Å². The first-order chi connectivity index (χ1) is 8.70. The number of hydrogen-bond acceptors (Lipinski definition) is 4. The predicted octanol–water partition coefficient (Wildman–Crippen LogP) is 0.610. The number of rotatable bonds is 4. The average molecular weight is 252 g/mol. The van der Waals surface area contributed by atoms with E-state index in [2.05, 4.69) is 15.7 Å². The quantitative estimate of drug-likeness (QED) is 0.824. The second-order valence-electron chi connectivity index (χ2n) is 4.49. The van der Waals surface area contributed by atoms with Crippen molar-refractivity contribution in [3.05, 3.63) is 12.4 Å². The Morgan fingerprint density at radius 1 is 1.61 bits per heavy atom. The predicted molar refractivity (Wildman–Crippen MR) is 68.4 cm³/mol. The number of methoxy groups -OCH3 is 1. The van der Waals surface area contributed by atoms with Gasteiger partial charge in [-0.15, -0.1) is 0 Å². The van der Waals surface area contributed by atoms with E-state index in [0.29, 0.717) is 12.8 Å². The zero-order valence-corrected chi connectivity index (χ0v) is 10.9. The molecule has 2 rings (SSSR count). The van der Waals surface area contributed by atoms with Crippen molar-refractivity contribution >= 4 is 11.6 Å². The number of ether oxygens (including phenoxy) is 1. The van der Waals surface area contributed by atoms with Gasteiger partial charge in [0.2, 0.25) is 0 Å². The third-order valence-corrected chi connectivity index (χ3v) is 3.43. The second-order valence-corrected chi connectivity index (χ2v) is 4.49. The zero-order chi connectivity index (χ0) is 13.0. The maximum Gasteiger partial charge on any atom is 0.256 e. The first-order valence-electron chi connectivity index (χ1n) is 6.30. The molecule has 1 amide bonds. The molecule has 1 fully saturated rings. The Hall–Kier alpha value is -1.40. The van der Waals surface area contributed by atoms with Crippen LogP contribution < -0.4 is 10.6 Å². The zero-order valence-electron chi connectivity index (χ0n) is 10.9. The molecule has 0 saturated carbocycles. The third-order valence-electron chi connectivity index (χ3n) is 3.43. The van der Waals surface area contributed by atoms with E-state index in [-0.39, 0.29) is 5.91 Å². The highest BCUT2D eigenvalue weighted by atomic mass is 16.5. The summed E-state index contributed by atoms with van der Waals surface area (Å²) in [6, 6.07) is 0. The van der Waals surface area contributed by atoms with Crippen LogP contribution in [0.5, 0.6) is 0 Å². The van der Waals surface area contributed by atoms with Crippen molar-refractivity contribution in [2.24, 2.45) is 0 Å². The molecule has 18 heavy (non-hydrogen) atoms. The summed E-state index contributed by atoms with van der Waals surface area (Å²) in [5.74, 6) is -0.0813. The topological polar surface area (TPSA) is 68.2 Å². The summed E-state index contributed by atoms with van der Waals surface area (Å²) < 4.78 is 7.24. The molecule has 2 heterocycles. The molecule has 6 nitrogen and oxygen atoms in total. The van der Waals surface area contributed by atoms with Crippen molar-refractivity contribution in [2.75, 3.05) is 25.5 Å². The lowest BCUT2D eigenvalue weighted by Gasteiger charge is -2.34. The van der Waals surface area contributed by atoms with Gasteiger partial charge < -0.3 is 15.4 Å². The van der Waals surface area contributed by atoms with Gasteiger partial charge in [0.05, 0.1) is 11.9 Å². The van der Waals surface area contributed by atoms with Crippen LogP contribution in [0, 0.1) is 0 Å². The van der Waals surface area contributed by atoms with Crippen molar-refractivity contribution in [2.45, 2.75) is 31.9 Å². The number of aryl methyl sites for hydroxylation is 1. The summed E-state index contributed by atoms with van der Waals surface area (Å²) in [7, 11) is 1.60. The molecule has 0 unspecified atom stereocenters. The maximum absolute atomic E-state index is 12.3. The van der Waals surface area contributed by atoms with Crippen LogP contribution in [0.25, 0.3) is 0 Å². The SMILES string of the molecule is CCn1cc(NC(=O)C2(OC)CCNCC2)cn1. The summed E-state index contributed by atoms with van der Waals surface area (Å²) >= 11 is 0. The summed E-state index contributed by atoms with van der Waals surface area (Å²) in [4.78, 5) is 12.3. The van der Waals surface area contributed by atoms with E-state index in [0.717, 1.165) is 25.3 Å². The first-order valence-corrected chi connectivity index (χ1v) is 6.30. The highest BCUT2D eigenvalue weighted by molar-refractivity contribution is 5.97. The Balaban J connectivity index is 2.05. The number of hydrogen-bond donors (Lipinski definition) is 2. The maximum atomic E-state index is 12.3. The van der Waals surface area contributed by atoms with Gasteiger partial charge in [0.1, 0.15) is 5.60 Å². The lowest BCUT2D eigenvalue weighted by molar-refractivity contribution is -0.140. The minimum absolute atomic E-state index is 0.0813. The van der Waals surface area contributed by atoms with Gasteiger partial charge in [-0.1, -0.05) is 0 Å². The standard InChI is InChI=1S/C12H20N4O2/c1-3-16-9-10(8-14-16)15-11(17)12(18-2)4-6-13-7-5-12/h8-9,13H,3-7H2,1-2H3,(H,15,17). The number of carbonyl (C=O) groups is 1. The molecule has 1 aliphatic rings. The Bertz CT molecular complexity index is 410. The van der Waals surface area contributed by atoms with Gasteiger partial charge in [-0.25, -0.2) is 0 Å². The smallest absolute Gasteiger partial charge is 0.256 e. The summed E-state index contributed by atoms with van der Waals surface area (Å²) in [5, 5.41) is 10.2. The molecule has 0 radical (unpaired) electrons. The molecule has 0 spiro atoms. The monoisotopic (exact) mass is 252 g/mol. The minimum atomic E-state index is -0.709. The van der Waals surface area contributed by atoms with Gasteiger partial charge in [0.15, 0.2) is 0 Å². The number of aromatic nitrogens is 2. The van der Waals surface area contributed by atoms with Gasteiger partial charge in [-0.3, -0.25) is 9.48 Å². The van der Waals surface area contributed by atoms with Gasteiger partial charge in [0.25, 0.3) is 5.91 Å². The molecule has 0 bridgehead atoms. The van der Waals surface area contributed by atoms with Crippen molar-refractivity contribution < 1.29 is 9.53 Å². The van der Waals surface area contributed by atoms with Gasteiger partial charge in [-0.2, -0.15) is 5.10 Å². The molecular weight excluding hydrogens is 232 g/mol. The average Bonchev–Trinajstić information content (AvgIpc) is 2.87. The van der Waals surface area contributed by atoms with E-state index in [1.165, 1.54) is 0 Å². The molecule has 100 valence electrons. The fourth-order valence-electron chi connectivity index (χ4n) is 2.20. The Morgan fingerprint density at radius 3 is 2.89 bits per heavy atom. The Kier molecular flexibility index (Phi) is 3.98. The van der Waals surface area contributed by atoms with Crippen molar-refractivity contribution in [1.82, 2.24) is 15.1 Å². The largest absolute Gasteiger partial charge is 0.368 e. The molecule has 1 aromatic rings. The van der Waals surface area contributed by atoms with Crippen LogP contribution in [0.3, 0.4) is 0 Å². The number of anilines is 1. The summed E-state index contributed by atoms with van der Waals surface area (Å²) in [5.41, 5.74) is 0.0105. The minimum Gasteiger partial charge on any atom is -0.368 e. The first kappa shape index (κ1) is 13.0. The normalized spacial score (nSPS) is 18.6. The van der Waals surface area contributed by atoms with Crippen LogP contribution in [-0.4, -0.2) is 41.5 Å². The Labute approximate surface area is 107 Å². The van der Waals surface area contributed by atoms with Crippen LogP contribution in [0.2, 0.25) is 0 Å². The molecule has 0 aromatic carbocycles. The van der Waals surface area contributed by atoms with E-state index >= 15 is 0 Å². The summed E-state index contributed by atoms with van der Waals surface area (Å²) in [6.45, 7) is 4.39. The molecule has 1 saturated heterocycles. The van der Waals surface area contributed by atoms with E-state index in [1.807, 2.05) is 13.1 Å². The highest BCUT2D eigenvalue weighted by Gasteiger charge is 2.39. The number of amides is 1. The lowest BCUT2D eigenvalue weighted by Crippen LogP contribution is -2.51. The van der Waals surface area contributed by atoms with Crippen LogP contribution in [0.1, 0.15) is 19.8 Å². The second kappa shape index (κ2) is 5.49. The van der Waals surface area contributed by atoms with Crippen molar-refractivity contribution in [3.8, 4) is 0 Å². The van der Waals surface area contributed by atoms with Gasteiger partial charge in [0, 0.05) is 19.9 Å². The van der Waals surface area contributed by atoms with Crippen LogP contribution in [-0.2, 0) is 16.1 Å². The molecule has 2 N–H and O–H groups in total. The van der Waals surface area contributed by atoms with E-state index < -0.39 is 5.60 Å². The molecule has 6 heteroatoms.